The van der Waals surface area contributed by atoms with Crippen molar-refractivity contribution in [2.45, 2.75) is 39.7 Å². The third-order valence-corrected chi connectivity index (χ3v) is 3.31. The first-order valence-electron chi connectivity index (χ1n) is 7.34. The standard InChI is InChI=1S/C15H24N4O2/c1-11-7-13(18-10-17-11)16-8-12-5-6-19(9-12)14(20)21-15(2,3)4/h7,10,12H,5-6,8-9H2,1-4H3,(H,16,17,18). The largest absolute Gasteiger partial charge is 0.444 e. The highest BCUT2D eigenvalue weighted by atomic mass is 16.6. The van der Waals surface area contributed by atoms with E-state index in [0.29, 0.717) is 5.92 Å². The second kappa shape index (κ2) is 6.28. The van der Waals surface area contributed by atoms with Gasteiger partial charge in [0.2, 0.25) is 0 Å². The van der Waals surface area contributed by atoms with E-state index in [4.69, 9.17) is 4.74 Å². The molecule has 0 aromatic carbocycles. The molecule has 0 saturated carbocycles. The van der Waals surface area contributed by atoms with E-state index in [1.165, 1.54) is 0 Å². The van der Waals surface area contributed by atoms with Gasteiger partial charge in [-0.1, -0.05) is 0 Å². The first kappa shape index (κ1) is 15.5. The summed E-state index contributed by atoms with van der Waals surface area (Å²) in [6, 6.07) is 1.92. The average molecular weight is 292 g/mol. The quantitative estimate of drug-likeness (QED) is 0.927. The number of carbonyl (C=O) groups excluding carboxylic acids is 1. The fourth-order valence-corrected chi connectivity index (χ4v) is 2.29. The van der Waals surface area contributed by atoms with Crippen LogP contribution in [0.1, 0.15) is 32.9 Å². The van der Waals surface area contributed by atoms with Gasteiger partial charge in [0, 0.05) is 31.4 Å². The van der Waals surface area contributed by atoms with Crippen LogP contribution in [0.3, 0.4) is 0 Å². The Morgan fingerprint density at radius 3 is 2.90 bits per heavy atom. The Kier molecular flexibility index (Phi) is 4.65. The number of hydrogen-bond acceptors (Lipinski definition) is 5. The molecule has 1 unspecified atom stereocenters. The average Bonchev–Trinajstić information content (AvgIpc) is 2.83. The molecule has 2 heterocycles. The van der Waals surface area contributed by atoms with Crippen molar-refractivity contribution < 1.29 is 9.53 Å². The molecular weight excluding hydrogens is 268 g/mol. The summed E-state index contributed by atoms with van der Waals surface area (Å²) < 4.78 is 5.39. The number of likely N-dealkylation sites (tertiary alicyclic amines) is 1. The van der Waals surface area contributed by atoms with Gasteiger partial charge in [-0.15, -0.1) is 0 Å². The molecule has 1 aliphatic rings. The zero-order valence-electron chi connectivity index (χ0n) is 13.2. The third-order valence-electron chi connectivity index (χ3n) is 3.31. The molecule has 1 aliphatic heterocycles. The van der Waals surface area contributed by atoms with E-state index >= 15 is 0 Å². The van der Waals surface area contributed by atoms with Crippen molar-refractivity contribution in [3.63, 3.8) is 0 Å². The summed E-state index contributed by atoms with van der Waals surface area (Å²) in [5.41, 5.74) is 0.501. The summed E-state index contributed by atoms with van der Waals surface area (Å²) in [5, 5.41) is 3.31. The molecule has 1 aromatic heterocycles. The van der Waals surface area contributed by atoms with E-state index in [2.05, 4.69) is 15.3 Å². The minimum Gasteiger partial charge on any atom is -0.444 e. The number of anilines is 1. The Balaban J connectivity index is 1.79. The van der Waals surface area contributed by atoms with Gasteiger partial charge in [0.05, 0.1) is 0 Å². The first-order valence-corrected chi connectivity index (χ1v) is 7.34. The second-order valence-corrected chi connectivity index (χ2v) is 6.51. The van der Waals surface area contributed by atoms with Gasteiger partial charge in [0.15, 0.2) is 0 Å². The lowest BCUT2D eigenvalue weighted by atomic mass is 10.1. The number of carbonyl (C=O) groups is 1. The third kappa shape index (κ3) is 4.88. The lowest BCUT2D eigenvalue weighted by molar-refractivity contribution is 0.0289. The Morgan fingerprint density at radius 2 is 2.24 bits per heavy atom. The van der Waals surface area contributed by atoms with Gasteiger partial charge >= 0.3 is 6.09 Å². The van der Waals surface area contributed by atoms with Crippen LogP contribution >= 0.6 is 0 Å². The van der Waals surface area contributed by atoms with Crippen LogP contribution in [0.5, 0.6) is 0 Å². The molecule has 2 rings (SSSR count). The summed E-state index contributed by atoms with van der Waals surface area (Å²) in [5.74, 6) is 1.26. The van der Waals surface area contributed by atoms with Crippen molar-refractivity contribution in [2.75, 3.05) is 25.0 Å². The summed E-state index contributed by atoms with van der Waals surface area (Å²) >= 11 is 0. The molecule has 1 amide bonds. The summed E-state index contributed by atoms with van der Waals surface area (Å²) in [4.78, 5) is 22.0. The smallest absolute Gasteiger partial charge is 0.410 e. The molecule has 1 aromatic rings. The maximum Gasteiger partial charge on any atom is 0.410 e. The molecule has 1 saturated heterocycles. The van der Waals surface area contributed by atoms with Crippen LogP contribution in [0.25, 0.3) is 0 Å². The molecule has 1 atom stereocenters. The monoisotopic (exact) mass is 292 g/mol. The molecule has 0 radical (unpaired) electrons. The highest BCUT2D eigenvalue weighted by Gasteiger charge is 2.29. The van der Waals surface area contributed by atoms with Crippen molar-refractivity contribution in [1.82, 2.24) is 14.9 Å². The highest BCUT2D eigenvalue weighted by Crippen LogP contribution is 2.19. The topological polar surface area (TPSA) is 67.4 Å². The molecule has 6 nitrogen and oxygen atoms in total. The summed E-state index contributed by atoms with van der Waals surface area (Å²) in [6.07, 6.45) is 2.32. The van der Waals surface area contributed by atoms with Crippen LogP contribution in [0.15, 0.2) is 12.4 Å². The van der Waals surface area contributed by atoms with Crippen molar-refractivity contribution in [3.8, 4) is 0 Å². The SMILES string of the molecule is Cc1cc(NCC2CCN(C(=O)OC(C)(C)C)C2)ncn1. The van der Waals surface area contributed by atoms with Crippen LogP contribution in [0, 0.1) is 12.8 Å². The van der Waals surface area contributed by atoms with Crippen molar-refractivity contribution in [2.24, 2.45) is 5.92 Å². The van der Waals surface area contributed by atoms with E-state index in [9.17, 15) is 4.79 Å². The fraction of sp³-hybridized carbons (Fsp3) is 0.667. The number of nitrogens with zero attached hydrogens (tertiary/aromatic N) is 3. The molecule has 1 N–H and O–H groups in total. The van der Waals surface area contributed by atoms with Gasteiger partial charge < -0.3 is 15.0 Å². The van der Waals surface area contributed by atoms with Gasteiger partial charge in [-0.3, -0.25) is 0 Å². The van der Waals surface area contributed by atoms with Crippen LogP contribution in [0.4, 0.5) is 10.6 Å². The summed E-state index contributed by atoms with van der Waals surface area (Å²) in [6.45, 7) is 9.88. The predicted octanol–water partition coefficient (Wildman–Crippen LogP) is 2.45. The number of nitrogens with one attached hydrogen (secondary N) is 1. The van der Waals surface area contributed by atoms with Gasteiger partial charge in [-0.05, 0) is 40.0 Å². The van der Waals surface area contributed by atoms with Crippen LogP contribution < -0.4 is 5.32 Å². The van der Waals surface area contributed by atoms with E-state index in [0.717, 1.165) is 37.6 Å². The predicted molar refractivity (Wildman–Crippen MR) is 81.2 cm³/mol. The van der Waals surface area contributed by atoms with Crippen LogP contribution in [-0.4, -0.2) is 46.2 Å². The van der Waals surface area contributed by atoms with Crippen molar-refractivity contribution in [3.05, 3.63) is 18.1 Å². The number of aromatic nitrogens is 2. The Morgan fingerprint density at radius 1 is 1.48 bits per heavy atom. The molecule has 6 heteroatoms. The van der Waals surface area contributed by atoms with Gasteiger partial charge in [0.1, 0.15) is 17.7 Å². The maximum atomic E-state index is 12.0. The molecule has 0 spiro atoms. The first-order chi connectivity index (χ1) is 9.83. The van der Waals surface area contributed by atoms with Crippen molar-refractivity contribution >= 4 is 11.9 Å². The van der Waals surface area contributed by atoms with Gasteiger partial charge in [-0.25, -0.2) is 14.8 Å². The maximum absolute atomic E-state index is 12.0. The fourth-order valence-electron chi connectivity index (χ4n) is 2.29. The van der Waals surface area contributed by atoms with E-state index in [-0.39, 0.29) is 6.09 Å². The highest BCUT2D eigenvalue weighted by molar-refractivity contribution is 5.68. The molecule has 21 heavy (non-hydrogen) atoms. The number of ether oxygens (including phenoxy) is 1. The zero-order valence-corrected chi connectivity index (χ0v) is 13.2. The van der Waals surface area contributed by atoms with Gasteiger partial charge in [0.25, 0.3) is 0 Å². The molecular formula is C15H24N4O2. The Labute approximate surface area is 125 Å². The van der Waals surface area contributed by atoms with Crippen LogP contribution in [0.2, 0.25) is 0 Å². The molecule has 116 valence electrons. The lowest BCUT2D eigenvalue weighted by Gasteiger charge is -2.24. The molecule has 0 aliphatic carbocycles. The zero-order chi connectivity index (χ0) is 15.5. The minimum absolute atomic E-state index is 0.220. The number of amides is 1. The number of aryl methyl sites for hydroxylation is 1. The van der Waals surface area contributed by atoms with Crippen molar-refractivity contribution in [1.29, 1.82) is 0 Å². The number of hydrogen-bond donors (Lipinski definition) is 1. The normalized spacial score (nSPS) is 18.7. The minimum atomic E-state index is -0.439. The van der Waals surface area contributed by atoms with E-state index < -0.39 is 5.60 Å². The van der Waals surface area contributed by atoms with Gasteiger partial charge in [-0.2, -0.15) is 0 Å². The van der Waals surface area contributed by atoms with E-state index in [1.807, 2.05) is 33.8 Å². The Bertz CT molecular complexity index is 499. The Hall–Kier alpha value is -1.85. The molecule has 1 fully saturated rings. The second-order valence-electron chi connectivity index (χ2n) is 6.51. The summed E-state index contributed by atoms with van der Waals surface area (Å²) in [7, 11) is 0. The van der Waals surface area contributed by atoms with E-state index in [1.54, 1.807) is 11.2 Å². The lowest BCUT2D eigenvalue weighted by Crippen LogP contribution is -2.35. The van der Waals surface area contributed by atoms with Crippen LogP contribution in [-0.2, 0) is 4.74 Å². The molecule has 0 bridgehead atoms. The number of rotatable bonds is 3.